The quantitative estimate of drug-likeness (QED) is 0.383. The van der Waals surface area contributed by atoms with Crippen LogP contribution in [0.5, 0.6) is 17.4 Å². The smallest absolute Gasteiger partial charge is 0.323 e. The third-order valence-corrected chi connectivity index (χ3v) is 6.28. The Kier molecular flexibility index (Phi) is 7.59. The second-order valence-corrected chi connectivity index (χ2v) is 10.3. The first-order chi connectivity index (χ1) is 16.8. The zero-order chi connectivity index (χ0) is 24.8. The molecule has 2 N–H and O–H groups in total. The maximum absolute atomic E-state index is 12.8. The lowest BCUT2D eigenvalue weighted by Gasteiger charge is -2.27. The zero-order valence-corrected chi connectivity index (χ0v) is 21.0. The highest BCUT2D eigenvalue weighted by Gasteiger charge is 2.21. The number of rotatable bonds is 6. The molecule has 6 nitrogen and oxygen atoms in total. The number of benzene rings is 2. The molecule has 2 aromatic carbocycles. The number of ether oxygens (including phenoxy) is 2. The number of hydrogen-bond acceptors (Lipinski definition) is 4. The van der Waals surface area contributed by atoms with Gasteiger partial charge in [-0.1, -0.05) is 52.0 Å². The van der Waals surface area contributed by atoms with Crippen LogP contribution < -0.4 is 20.1 Å². The van der Waals surface area contributed by atoms with Crippen LogP contribution in [0.1, 0.15) is 58.9 Å². The first-order valence-corrected chi connectivity index (χ1v) is 12.3. The van der Waals surface area contributed by atoms with E-state index < -0.39 is 0 Å². The van der Waals surface area contributed by atoms with Crippen molar-refractivity contribution in [1.29, 1.82) is 0 Å². The number of para-hydroxylation sites is 1. The lowest BCUT2D eigenvalue weighted by atomic mass is 9.86. The molecule has 0 aliphatic heterocycles. The summed E-state index contributed by atoms with van der Waals surface area (Å²) in [7, 11) is 0. The van der Waals surface area contributed by atoms with Gasteiger partial charge in [-0.3, -0.25) is 0 Å². The molecule has 0 bridgehead atoms. The molecule has 0 spiro atoms. The van der Waals surface area contributed by atoms with Gasteiger partial charge in [-0.05, 0) is 67.3 Å². The molecule has 0 atom stereocenters. The van der Waals surface area contributed by atoms with Gasteiger partial charge >= 0.3 is 6.03 Å². The van der Waals surface area contributed by atoms with Gasteiger partial charge in [0.15, 0.2) is 0 Å². The molecule has 4 rings (SSSR count). The van der Waals surface area contributed by atoms with Crippen molar-refractivity contribution in [3.05, 3.63) is 72.4 Å². The predicted octanol–water partition coefficient (Wildman–Crippen LogP) is 7.77. The van der Waals surface area contributed by atoms with Crippen molar-refractivity contribution in [2.45, 2.75) is 64.9 Å². The Balaban J connectivity index is 1.42. The van der Waals surface area contributed by atoms with Gasteiger partial charge in [-0.2, -0.15) is 0 Å². The normalized spacial score (nSPS) is 17.9. The van der Waals surface area contributed by atoms with Gasteiger partial charge in [0.1, 0.15) is 17.2 Å². The first kappa shape index (κ1) is 24.6. The summed E-state index contributed by atoms with van der Waals surface area (Å²) in [5, 5.41) is 5.75. The minimum atomic E-state index is -0.379. The van der Waals surface area contributed by atoms with Gasteiger partial charge < -0.3 is 20.1 Å². The summed E-state index contributed by atoms with van der Waals surface area (Å²) in [6, 6.07) is 18.5. The molecule has 0 saturated heterocycles. The molecule has 1 fully saturated rings. The van der Waals surface area contributed by atoms with Crippen molar-refractivity contribution in [3.8, 4) is 17.4 Å². The van der Waals surface area contributed by atoms with Crippen molar-refractivity contribution in [2.24, 2.45) is 5.92 Å². The van der Waals surface area contributed by atoms with Crippen LogP contribution in [0, 0.1) is 5.92 Å². The summed E-state index contributed by atoms with van der Waals surface area (Å²) in [5.41, 5.74) is 2.11. The Morgan fingerprint density at radius 2 is 1.71 bits per heavy atom. The number of anilines is 2. The van der Waals surface area contributed by atoms with Crippen molar-refractivity contribution in [2.75, 3.05) is 10.6 Å². The van der Waals surface area contributed by atoms with Gasteiger partial charge in [0.25, 0.3) is 0 Å². The minimum absolute atomic E-state index is 0.0979. The third-order valence-electron chi connectivity index (χ3n) is 6.28. The Morgan fingerprint density at radius 3 is 2.49 bits per heavy atom. The number of carbonyl (C=O) groups excluding carboxylic acids is 1. The van der Waals surface area contributed by atoms with Crippen LogP contribution in [0.3, 0.4) is 0 Å². The molecule has 0 radical (unpaired) electrons. The maximum Gasteiger partial charge on any atom is 0.323 e. The molecular formula is C29H35N3O3. The second kappa shape index (κ2) is 10.8. The summed E-state index contributed by atoms with van der Waals surface area (Å²) < 4.78 is 12.3. The number of nitrogens with one attached hydrogen (secondary N) is 2. The number of hydrogen-bond donors (Lipinski definition) is 2. The standard InChI is InChI=1S/C29H35N3O3/c1-20-14-16-22(17-15-20)34-23-10-7-9-21(19-23)31-28(33)32-25-12-8-18-30-27(25)35-26-13-6-5-11-24(26)29(2,3)4/h5-13,18-20,22H,14-17H2,1-4H3,(H2,31,32,33). The Morgan fingerprint density at radius 1 is 0.943 bits per heavy atom. The number of carbonyl (C=O) groups is 1. The molecule has 2 amide bonds. The van der Waals surface area contributed by atoms with E-state index in [2.05, 4.69) is 43.3 Å². The fourth-order valence-electron chi connectivity index (χ4n) is 4.32. The summed E-state index contributed by atoms with van der Waals surface area (Å²) in [6.45, 7) is 8.69. The lowest BCUT2D eigenvalue weighted by Crippen LogP contribution is -2.23. The molecule has 6 heteroatoms. The minimum Gasteiger partial charge on any atom is -0.490 e. The fraction of sp³-hybridized carbons (Fsp3) is 0.379. The van der Waals surface area contributed by atoms with Crippen LogP contribution in [0.15, 0.2) is 66.9 Å². The molecule has 184 valence electrons. The molecule has 1 aliphatic rings. The van der Waals surface area contributed by atoms with Crippen molar-refractivity contribution in [1.82, 2.24) is 4.98 Å². The molecule has 1 aromatic heterocycles. The average Bonchev–Trinajstić information content (AvgIpc) is 2.82. The van der Waals surface area contributed by atoms with Gasteiger partial charge in [0.05, 0.1) is 6.10 Å². The summed E-state index contributed by atoms with van der Waals surface area (Å²) in [4.78, 5) is 17.2. The number of aromatic nitrogens is 1. The Labute approximate surface area is 208 Å². The summed E-state index contributed by atoms with van der Waals surface area (Å²) in [5.74, 6) is 2.59. The maximum atomic E-state index is 12.8. The van der Waals surface area contributed by atoms with Crippen molar-refractivity contribution in [3.63, 3.8) is 0 Å². The van der Waals surface area contributed by atoms with E-state index >= 15 is 0 Å². The van der Waals surface area contributed by atoms with E-state index in [9.17, 15) is 4.79 Å². The summed E-state index contributed by atoms with van der Waals surface area (Å²) >= 11 is 0. The average molecular weight is 474 g/mol. The fourth-order valence-corrected chi connectivity index (χ4v) is 4.32. The molecule has 3 aromatic rings. The molecule has 1 heterocycles. The molecule has 35 heavy (non-hydrogen) atoms. The van der Waals surface area contributed by atoms with Gasteiger partial charge in [-0.25, -0.2) is 9.78 Å². The zero-order valence-electron chi connectivity index (χ0n) is 21.0. The van der Waals surface area contributed by atoms with Crippen LogP contribution in [0.2, 0.25) is 0 Å². The molecule has 1 aliphatic carbocycles. The number of urea groups is 1. The van der Waals surface area contributed by atoms with E-state index in [4.69, 9.17) is 9.47 Å². The van der Waals surface area contributed by atoms with E-state index in [0.29, 0.717) is 23.0 Å². The van der Waals surface area contributed by atoms with Crippen LogP contribution in [0.25, 0.3) is 0 Å². The highest BCUT2D eigenvalue weighted by atomic mass is 16.5. The Bertz CT molecular complexity index is 1150. The molecular weight excluding hydrogens is 438 g/mol. The monoisotopic (exact) mass is 473 g/mol. The number of amides is 2. The van der Waals surface area contributed by atoms with E-state index in [1.54, 1.807) is 18.3 Å². The largest absolute Gasteiger partial charge is 0.490 e. The third kappa shape index (κ3) is 6.75. The van der Waals surface area contributed by atoms with Gasteiger partial charge in [0.2, 0.25) is 5.88 Å². The molecule has 0 unspecified atom stereocenters. The predicted molar refractivity (Wildman–Crippen MR) is 141 cm³/mol. The van der Waals surface area contributed by atoms with Crippen LogP contribution >= 0.6 is 0 Å². The van der Waals surface area contributed by atoms with Gasteiger partial charge in [0, 0.05) is 23.5 Å². The Hall–Kier alpha value is -3.54. The first-order valence-electron chi connectivity index (χ1n) is 12.3. The van der Waals surface area contributed by atoms with E-state index in [1.165, 1.54) is 12.8 Å². The van der Waals surface area contributed by atoms with E-state index in [0.717, 1.165) is 30.1 Å². The highest BCUT2D eigenvalue weighted by Crippen LogP contribution is 2.35. The topological polar surface area (TPSA) is 72.5 Å². The van der Waals surface area contributed by atoms with Crippen LogP contribution in [-0.2, 0) is 5.41 Å². The summed E-state index contributed by atoms with van der Waals surface area (Å²) in [6.07, 6.45) is 6.41. The SMILES string of the molecule is CC1CCC(Oc2cccc(NC(=O)Nc3cccnc3Oc3ccccc3C(C)(C)C)c2)CC1. The second-order valence-electron chi connectivity index (χ2n) is 10.3. The van der Waals surface area contributed by atoms with E-state index in [-0.39, 0.29) is 17.6 Å². The van der Waals surface area contributed by atoms with Crippen molar-refractivity contribution >= 4 is 17.4 Å². The highest BCUT2D eigenvalue weighted by molar-refractivity contribution is 6.00. The van der Waals surface area contributed by atoms with Gasteiger partial charge in [-0.15, -0.1) is 0 Å². The lowest BCUT2D eigenvalue weighted by molar-refractivity contribution is 0.135. The number of pyridine rings is 1. The van der Waals surface area contributed by atoms with E-state index in [1.807, 2.05) is 48.5 Å². The van der Waals surface area contributed by atoms with Crippen LogP contribution in [0.4, 0.5) is 16.2 Å². The number of nitrogens with zero attached hydrogens (tertiary/aromatic N) is 1. The van der Waals surface area contributed by atoms with Crippen molar-refractivity contribution < 1.29 is 14.3 Å². The van der Waals surface area contributed by atoms with Crippen LogP contribution in [-0.4, -0.2) is 17.1 Å². The molecule has 1 saturated carbocycles.